The number of ether oxygens (including phenoxy) is 1. The van der Waals surface area contributed by atoms with Gasteiger partial charge in [0.2, 0.25) is 0 Å². The largest absolute Gasteiger partial charge is 0.451 e. The van der Waals surface area contributed by atoms with Crippen LogP contribution < -0.4 is 16.2 Å². The molecule has 0 aliphatic rings. The van der Waals surface area contributed by atoms with Crippen molar-refractivity contribution < 1.29 is 14.3 Å². The SMILES string of the molecule is CC(C)NC(=O)NCc1ccc(C(=O)O[C@@H](C)c2nc3ccccc3c(=O)[nH]2)cc1. The summed E-state index contributed by atoms with van der Waals surface area (Å²) in [6, 6.07) is 13.5. The van der Waals surface area contributed by atoms with Crippen LogP contribution in [0, 0.1) is 0 Å². The van der Waals surface area contributed by atoms with Crippen LogP contribution in [0.4, 0.5) is 4.79 Å². The average molecular weight is 408 g/mol. The fourth-order valence-corrected chi connectivity index (χ4v) is 2.84. The number of H-pyrrole nitrogens is 1. The van der Waals surface area contributed by atoms with E-state index in [0.29, 0.717) is 23.0 Å². The zero-order valence-electron chi connectivity index (χ0n) is 17.1. The van der Waals surface area contributed by atoms with Crippen LogP contribution in [0.3, 0.4) is 0 Å². The second kappa shape index (κ2) is 9.21. The maximum absolute atomic E-state index is 12.5. The molecular formula is C22H24N4O4. The number of aromatic amines is 1. The van der Waals surface area contributed by atoms with E-state index in [1.54, 1.807) is 55.5 Å². The van der Waals surface area contributed by atoms with E-state index in [4.69, 9.17) is 4.74 Å². The minimum absolute atomic E-state index is 0.0520. The zero-order chi connectivity index (χ0) is 21.7. The molecule has 0 bridgehead atoms. The van der Waals surface area contributed by atoms with Crippen molar-refractivity contribution in [3.05, 3.63) is 75.8 Å². The van der Waals surface area contributed by atoms with Gasteiger partial charge in [0.25, 0.3) is 5.56 Å². The monoisotopic (exact) mass is 408 g/mol. The average Bonchev–Trinajstić information content (AvgIpc) is 2.72. The molecule has 0 radical (unpaired) electrons. The molecule has 8 heteroatoms. The van der Waals surface area contributed by atoms with Crippen LogP contribution in [-0.4, -0.2) is 28.0 Å². The molecule has 0 saturated heterocycles. The first kappa shape index (κ1) is 21.0. The lowest BCUT2D eigenvalue weighted by atomic mass is 10.1. The number of nitrogens with zero attached hydrogens (tertiary/aromatic N) is 1. The third-order valence-corrected chi connectivity index (χ3v) is 4.36. The van der Waals surface area contributed by atoms with Crippen LogP contribution in [0.1, 0.15) is 48.6 Å². The predicted molar refractivity (Wildman–Crippen MR) is 113 cm³/mol. The van der Waals surface area contributed by atoms with Gasteiger partial charge in [-0.05, 0) is 50.6 Å². The number of amides is 2. The van der Waals surface area contributed by atoms with Crippen molar-refractivity contribution in [3.63, 3.8) is 0 Å². The summed E-state index contributed by atoms with van der Waals surface area (Å²) in [5.41, 5.74) is 1.47. The predicted octanol–water partition coefficient (Wildman–Crippen LogP) is 3.05. The normalized spacial score (nSPS) is 11.9. The molecule has 0 aliphatic carbocycles. The van der Waals surface area contributed by atoms with Crippen molar-refractivity contribution in [2.45, 2.75) is 39.5 Å². The summed E-state index contributed by atoms with van der Waals surface area (Å²) in [5, 5.41) is 5.96. The second-order valence-corrected chi connectivity index (χ2v) is 7.19. The minimum atomic E-state index is -0.726. The van der Waals surface area contributed by atoms with Gasteiger partial charge < -0.3 is 20.4 Å². The third kappa shape index (κ3) is 5.22. The zero-order valence-corrected chi connectivity index (χ0v) is 17.1. The smallest absolute Gasteiger partial charge is 0.338 e. The lowest BCUT2D eigenvalue weighted by Crippen LogP contribution is -2.39. The Morgan fingerprint density at radius 2 is 1.77 bits per heavy atom. The van der Waals surface area contributed by atoms with E-state index in [1.807, 2.05) is 13.8 Å². The quantitative estimate of drug-likeness (QED) is 0.543. The molecule has 2 aromatic carbocycles. The minimum Gasteiger partial charge on any atom is -0.451 e. The fraction of sp³-hybridized carbons (Fsp3) is 0.273. The number of aromatic nitrogens is 2. The Kier molecular flexibility index (Phi) is 6.46. The van der Waals surface area contributed by atoms with Crippen LogP contribution in [0.5, 0.6) is 0 Å². The molecule has 2 amide bonds. The summed E-state index contributed by atoms with van der Waals surface area (Å²) in [6.07, 6.45) is -0.726. The molecule has 3 N–H and O–H groups in total. The van der Waals surface area contributed by atoms with Gasteiger partial charge in [0.1, 0.15) is 0 Å². The van der Waals surface area contributed by atoms with Crippen molar-refractivity contribution in [2.24, 2.45) is 0 Å². The molecule has 0 fully saturated rings. The Labute approximate surface area is 173 Å². The van der Waals surface area contributed by atoms with Gasteiger partial charge in [0.15, 0.2) is 11.9 Å². The molecule has 1 heterocycles. The summed E-state index contributed by atoms with van der Waals surface area (Å²) in [6.45, 7) is 5.75. The second-order valence-electron chi connectivity index (χ2n) is 7.19. The van der Waals surface area contributed by atoms with E-state index in [-0.39, 0.29) is 23.5 Å². The first-order valence-corrected chi connectivity index (χ1v) is 9.66. The number of benzene rings is 2. The summed E-state index contributed by atoms with van der Waals surface area (Å²) in [7, 11) is 0. The van der Waals surface area contributed by atoms with Crippen LogP contribution in [0.2, 0.25) is 0 Å². The number of rotatable bonds is 6. The molecule has 3 rings (SSSR count). The Hall–Kier alpha value is -3.68. The molecule has 1 atom stereocenters. The van der Waals surface area contributed by atoms with Crippen molar-refractivity contribution in [1.82, 2.24) is 20.6 Å². The van der Waals surface area contributed by atoms with Gasteiger partial charge in [-0.3, -0.25) is 4.79 Å². The van der Waals surface area contributed by atoms with Gasteiger partial charge in [-0.1, -0.05) is 24.3 Å². The first-order valence-electron chi connectivity index (χ1n) is 9.66. The van der Waals surface area contributed by atoms with E-state index < -0.39 is 12.1 Å². The van der Waals surface area contributed by atoms with Crippen LogP contribution in [-0.2, 0) is 11.3 Å². The van der Waals surface area contributed by atoms with Crippen molar-refractivity contribution >= 4 is 22.9 Å². The van der Waals surface area contributed by atoms with E-state index in [1.165, 1.54) is 0 Å². The molecular weight excluding hydrogens is 384 g/mol. The number of hydrogen-bond acceptors (Lipinski definition) is 5. The number of fused-ring (bicyclic) bond motifs is 1. The van der Waals surface area contributed by atoms with Gasteiger partial charge in [0.05, 0.1) is 16.5 Å². The topological polar surface area (TPSA) is 113 Å². The van der Waals surface area contributed by atoms with E-state index >= 15 is 0 Å². The van der Waals surface area contributed by atoms with E-state index in [0.717, 1.165) is 5.56 Å². The number of urea groups is 1. The van der Waals surface area contributed by atoms with Gasteiger partial charge in [-0.2, -0.15) is 0 Å². The Bertz CT molecular complexity index is 1110. The molecule has 3 aromatic rings. The lowest BCUT2D eigenvalue weighted by molar-refractivity contribution is 0.0320. The highest BCUT2D eigenvalue weighted by atomic mass is 16.5. The maximum Gasteiger partial charge on any atom is 0.338 e. The molecule has 0 saturated carbocycles. The van der Waals surface area contributed by atoms with Crippen molar-refractivity contribution in [1.29, 1.82) is 0 Å². The van der Waals surface area contributed by atoms with E-state index in [9.17, 15) is 14.4 Å². The highest BCUT2D eigenvalue weighted by Crippen LogP contribution is 2.17. The standard InChI is InChI=1S/C22H24N4O4/c1-13(2)24-22(29)23-12-15-8-10-16(11-9-15)21(28)30-14(3)19-25-18-7-5-4-6-17(18)20(27)26-19/h4-11,13-14H,12H2,1-3H3,(H2,23,24,29)(H,25,26,27)/t14-/m0/s1. The van der Waals surface area contributed by atoms with Crippen molar-refractivity contribution in [3.8, 4) is 0 Å². The van der Waals surface area contributed by atoms with Crippen LogP contribution >= 0.6 is 0 Å². The van der Waals surface area contributed by atoms with Gasteiger partial charge >= 0.3 is 12.0 Å². The van der Waals surface area contributed by atoms with Gasteiger partial charge in [0, 0.05) is 12.6 Å². The summed E-state index contributed by atoms with van der Waals surface area (Å²) in [5.74, 6) is -0.251. The van der Waals surface area contributed by atoms with Crippen LogP contribution in [0.25, 0.3) is 10.9 Å². The number of para-hydroxylation sites is 1. The Balaban J connectivity index is 1.63. The number of hydrogen-bond donors (Lipinski definition) is 3. The molecule has 0 spiro atoms. The highest BCUT2D eigenvalue weighted by molar-refractivity contribution is 5.89. The molecule has 156 valence electrons. The summed E-state index contributed by atoms with van der Waals surface area (Å²) < 4.78 is 5.46. The fourth-order valence-electron chi connectivity index (χ4n) is 2.84. The Morgan fingerprint density at radius 3 is 2.47 bits per heavy atom. The number of carbonyl (C=O) groups is 2. The lowest BCUT2D eigenvalue weighted by Gasteiger charge is -2.13. The van der Waals surface area contributed by atoms with Crippen LogP contribution in [0.15, 0.2) is 53.3 Å². The summed E-state index contributed by atoms with van der Waals surface area (Å²) >= 11 is 0. The number of nitrogens with one attached hydrogen (secondary N) is 3. The molecule has 30 heavy (non-hydrogen) atoms. The molecule has 0 unspecified atom stereocenters. The highest BCUT2D eigenvalue weighted by Gasteiger charge is 2.17. The van der Waals surface area contributed by atoms with Gasteiger partial charge in [-0.15, -0.1) is 0 Å². The number of esters is 1. The van der Waals surface area contributed by atoms with E-state index in [2.05, 4.69) is 20.6 Å². The van der Waals surface area contributed by atoms with Gasteiger partial charge in [-0.25, -0.2) is 14.6 Å². The molecule has 1 aromatic heterocycles. The third-order valence-electron chi connectivity index (χ3n) is 4.36. The molecule has 0 aliphatic heterocycles. The van der Waals surface area contributed by atoms with Crippen molar-refractivity contribution in [2.75, 3.05) is 0 Å². The first-order chi connectivity index (χ1) is 14.3. The summed E-state index contributed by atoms with van der Waals surface area (Å²) in [4.78, 5) is 43.3. The maximum atomic E-state index is 12.5. The Morgan fingerprint density at radius 1 is 1.07 bits per heavy atom. The number of carbonyl (C=O) groups excluding carboxylic acids is 2. The molecule has 8 nitrogen and oxygen atoms in total.